The summed E-state index contributed by atoms with van der Waals surface area (Å²) in [6, 6.07) is 14.2. The highest BCUT2D eigenvalue weighted by Crippen LogP contribution is 2.48. The van der Waals surface area contributed by atoms with Crippen molar-refractivity contribution in [3.05, 3.63) is 76.7 Å². The highest BCUT2D eigenvalue weighted by molar-refractivity contribution is 5.71. The summed E-state index contributed by atoms with van der Waals surface area (Å²) in [6.45, 7) is 8.03. The van der Waals surface area contributed by atoms with Crippen molar-refractivity contribution in [2.24, 2.45) is 11.8 Å². The zero-order valence-corrected chi connectivity index (χ0v) is 24.3. The third-order valence-electron chi connectivity index (χ3n) is 9.52. The zero-order valence-electron chi connectivity index (χ0n) is 24.3. The van der Waals surface area contributed by atoms with E-state index in [1.54, 1.807) is 6.07 Å². The number of hydrogen-bond acceptors (Lipinski definition) is 5. The Morgan fingerprint density at radius 3 is 2.63 bits per heavy atom. The molecule has 1 aliphatic carbocycles. The maximum atomic E-state index is 15.1. The normalized spacial score (nSPS) is 21.2. The number of rotatable bonds is 9. The molecule has 2 fully saturated rings. The Hall–Kier alpha value is -3.45. The van der Waals surface area contributed by atoms with Gasteiger partial charge in [0.05, 0.1) is 19.2 Å². The van der Waals surface area contributed by atoms with Gasteiger partial charge in [-0.25, -0.2) is 9.37 Å². The van der Waals surface area contributed by atoms with Crippen molar-refractivity contribution < 1.29 is 23.8 Å². The molecule has 7 heteroatoms. The van der Waals surface area contributed by atoms with Crippen molar-refractivity contribution in [2.45, 2.75) is 77.0 Å². The van der Waals surface area contributed by atoms with E-state index < -0.39 is 11.9 Å². The topological polar surface area (TPSA) is 71.9 Å². The average Bonchev–Trinajstić information content (AvgIpc) is 3.80. The standard InChI is InChI=1S/C34H39FN2O4/c1-20(33(38)39)32(22-6-7-22)24-8-5-21-10-12-29(41-30(21)16-24)23-9-11-26(27-17-31(40-4)36-18-28(27)35)25(15-23)19-37-14-13-34(37,2)3/h5,8-9,11,15-18,20,22,29,32H,6-7,10,12-14,19H2,1-4H3,(H,38,39)/t20-,29+,32-/m0/s1. The fourth-order valence-electron chi connectivity index (χ4n) is 6.57. The van der Waals surface area contributed by atoms with Crippen LogP contribution in [0.15, 0.2) is 48.7 Å². The molecule has 6 rings (SSSR count). The first-order valence-corrected chi connectivity index (χ1v) is 14.7. The van der Waals surface area contributed by atoms with Gasteiger partial charge in [0.25, 0.3) is 0 Å². The van der Waals surface area contributed by atoms with Gasteiger partial charge >= 0.3 is 5.97 Å². The van der Waals surface area contributed by atoms with E-state index in [0.29, 0.717) is 23.9 Å². The second kappa shape index (κ2) is 10.8. The molecule has 1 aromatic heterocycles. The summed E-state index contributed by atoms with van der Waals surface area (Å²) >= 11 is 0. The number of halogens is 1. The summed E-state index contributed by atoms with van der Waals surface area (Å²) in [5.74, 6) is 0.0878. The summed E-state index contributed by atoms with van der Waals surface area (Å²) in [4.78, 5) is 18.3. The van der Waals surface area contributed by atoms with E-state index in [9.17, 15) is 9.90 Å². The molecule has 0 radical (unpaired) electrons. The van der Waals surface area contributed by atoms with Gasteiger partial charge in [0, 0.05) is 30.3 Å². The molecule has 0 spiro atoms. The van der Waals surface area contributed by atoms with Crippen LogP contribution in [0.1, 0.15) is 80.7 Å². The van der Waals surface area contributed by atoms with Crippen LogP contribution in [-0.2, 0) is 17.8 Å². The number of carboxylic acid groups (broad SMARTS) is 1. The van der Waals surface area contributed by atoms with E-state index in [-0.39, 0.29) is 23.4 Å². The Labute approximate surface area is 241 Å². The Balaban J connectivity index is 1.32. The van der Waals surface area contributed by atoms with E-state index in [0.717, 1.165) is 72.2 Å². The molecule has 2 aromatic carbocycles. The molecule has 41 heavy (non-hydrogen) atoms. The number of aliphatic carboxylic acids is 1. The molecule has 0 amide bonds. The van der Waals surface area contributed by atoms with Gasteiger partial charge in [0.2, 0.25) is 5.88 Å². The first-order valence-electron chi connectivity index (χ1n) is 14.7. The van der Waals surface area contributed by atoms with Gasteiger partial charge in [-0.15, -0.1) is 0 Å². The number of hydrogen-bond donors (Lipinski definition) is 1. The second-order valence-corrected chi connectivity index (χ2v) is 12.6. The Morgan fingerprint density at radius 1 is 1.17 bits per heavy atom. The molecule has 216 valence electrons. The van der Waals surface area contributed by atoms with Crippen LogP contribution in [0.25, 0.3) is 11.1 Å². The first-order chi connectivity index (χ1) is 19.6. The molecule has 1 saturated heterocycles. The monoisotopic (exact) mass is 558 g/mol. The molecule has 3 atom stereocenters. The van der Waals surface area contributed by atoms with Crippen molar-refractivity contribution >= 4 is 5.97 Å². The van der Waals surface area contributed by atoms with Gasteiger partial charge in [-0.2, -0.15) is 0 Å². The number of fused-ring (bicyclic) bond motifs is 1. The number of aromatic nitrogens is 1. The molecule has 0 bridgehead atoms. The van der Waals surface area contributed by atoms with Gasteiger partial charge in [0.15, 0.2) is 0 Å². The largest absolute Gasteiger partial charge is 0.485 e. The number of ether oxygens (including phenoxy) is 2. The fraction of sp³-hybridized carbons (Fsp3) is 0.471. The average molecular weight is 559 g/mol. The van der Waals surface area contributed by atoms with Gasteiger partial charge in [-0.1, -0.05) is 37.3 Å². The van der Waals surface area contributed by atoms with Crippen LogP contribution in [0.2, 0.25) is 0 Å². The van der Waals surface area contributed by atoms with Crippen LogP contribution in [0.4, 0.5) is 4.39 Å². The molecule has 6 nitrogen and oxygen atoms in total. The molecule has 2 aliphatic heterocycles. The van der Waals surface area contributed by atoms with Crippen molar-refractivity contribution in [1.82, 2.24) is 9.88 Å². The summed E-state index contributed by atoms with van der Waals surface area (Å²) in [7, 11) is 1.54. The number of pyridine rings is 1. The summed E-state index contributed by atoms with van der Waals surface area (Å²) in [5.41, 5.74) is 5.75. The Bertz CT molecular complexity index is 1470. The molecule has 1 N–H and O–H groups in total. The minimum atomic E-state index is -0.750. The minimum Gasteiger partial charge on any atom is -0.485 e. The lowest BCUT2D eigenvalue weighted by atomic mass is 9.82. The van der Waals surface area contributed by atoms with E-state index in [2.05, 4.69) is 48.0 Å². The van der Waals surface area contributed by atoms with E-state index in [1.807, 2.05) is 19.1 Å². The number of likely N-dealkylation sites (tertiary alicyclic amines) is 1. The highest BCUT2D eigenvalue weighted by Gasteiger charge is 2.39. The van der Waals surface area contributed by atoms with Crippen LogP contribution in [0, 0.1) is 17.7 Å². The molecular weight excluding hydrogens is 519 g/mol. The molecule has 0 unspecified atom stereocenters. The number of aryl methyl sites for hydroxylation is 1. The molecular formula is C34H39FN2O4. The molecule has 1 saturated carbocycles. The maximum absolute atomic E-state index is 15.1. The number of carbonyl (C=O) groups is 1. The van der Waals surface area contributed by atoms with Crippen molar-refractivity contribution in [3.8, 4) is 22.8 Å². The van der Waals surface area contributed by atoms with Crippen LogP contribution in [0.3, 0.4) is 0 Å². The number of benzene rings is 2. The van der Waals surface area contributed by atoms with E-state index >= 15 is 4.39 Å². The van der Waals surface area contributed by atoms with Crippen LogP contribution >= 0.6 is 0 Å². The summed E-state index contributed by atoms with van der Waals surface area (Å²) in [6.07, 6.45) is 6.10. The molecule has 3 aliphatic rings. The van der Waals surface area contributed by atoms with E-state index in [4.69, 9.17) is 9.47 Å². The predicted molar refractivity (Wildman–Crippen MR) is 156 cm³/mol. The summed E-state index contributed by atoms with van der Waals surface area (Å²) in [5, 5.41) is 9.74. The molecule has 3 aromatic rings. The quantitative estimate of drug-likeness (QED) is 0.300. The van der Waals surface area contributed by atoms with Gasteiger partial charge in [-0.3, -0.25) is 9.69 Å². The smallest absolute Gasteiger partial charge is 0.306 e. The maximum Gasteiger partial charge on any atom is 0.306 e. The first kappa shape index (κ1) is 27.7. The zero-order chi connectivity index (χ0) is 28.9. The molecule has 3 heterocycles. The highest BCUT2D eigenvalue weighted by atomic mass is 19.1. The Kier molecular flexibility index (Phi) is 7.26. The second-order valence-electron chi connectivity index (χ2n) is 12.6. The number of carboxylic acids is 1. The SMILES string of the molecule is COc1cc(-c2ccc([C@H]3CCc4ccc([C@H](C5CC5)[C@H](C)C(=O)O)cc4O3)cc2CN2CCC2(C)C)c(F)cn1. The number of nitrogens with zero attached hydrogens (tertiary/aromatic N) is 2. The fourth-order valence-corrected chi connectivity index (χ4v) is 6.57. The van der Waals surface area contributed by atoms with Crippen molar-refractivity contribution in [1.29, 1.82) is 0 Å². The Morgan fingerprint density at radius 2 is 1.98 bits per heavy atom. The van der Waals surface area contributed by atoms with Crippen LogP contribution < -0.4 is 9.47 Å². The third-order valence-corrected chi connectivity index (χ3v) is 9.52. The van der Waals surface area contributed by atoms with Gasteiger partial charge < -0.3 is 14.6 Å². The van der Waals surface area contributed by atoms with Crippen molar-refractivity contribution in [2.75, 3.05) is 13.7 Å². The predicted octanol–water partition coefficient (Wildman–Crippen LogP) is 7.16. The van der Waals surface area contributed by atoms with Crippen LogP contribution in [-0.4, -0.2) is 40.2 Å². The number of methoxy groups -OCH3 is 1. The lowest BCUT2D eigenvalue weighted by Crippen LogP contribution is -2.54. The van der Waals surface area contributed by atoms with Crippen molar-refractivity contribution in [3.63, 3.8) is 0 Å². The summed E-state index contributed by atoms with van der Waals surface area (Å²) < 4.78 is 27.0. The van der Waals surface area contributed by atoms with Gasteiger partial charge in [-0.05, 0) is 91.7 Å². The van der Waals surface area contributed by atoms with Crippen LogP contribution in [0.5, 0.6) is 11.6 Å². The minimum absolute atomic E-state index is 0.000191. The lowest BCUT2D eigenvalue weighted by molar-refractivity contribution is -0.142. The van der Waals surface area contributed by atoms with Gasteiger partial charge in [0.1, 0.15) is 17.7 Å². The lowest BCUT2D eigenvalue weighted by Gasteiger charge is -2.49. The van der Waals surface area contributed by atoms with E-state index in [1.165, 1.54) is 13.3 Å². The third kappa shape index (κ3) is 5.44.